The summed E-state index contributed by atoms with van der Waals surface area (Å²) in [6, 6.07) is 4.36. The first kappa shape index (κ1) is 16.9. The zero-order valence-electron chi connectivity index (χ0n) is 12.5. The Kier molecular flexibility index (Phi) is 7.21. The third kappa shape index (κ3) is 5.41. The quantitative estimate of drug-likeness (QED) is 0.686. The Morgan fingerprint density at radius 1 is 1.14 bits per heavy atom. The van der Waals surface area contributed by atoms with Crippen LogP contribution in [-0.2, 0) is 4.79 Å². The number of rotatable bonds is 8. The molecule has 0 aliphatic carbocycles. The normalized spacial score (nSPS) is 10.0. The summed E-state index contributed by atoms with van der Waals surface area (Å²) in [4.78, 5) is 23.4. The molecular weight excluding hydrogens is 273 g/mol. The molecule has 21 heavy (non-hydrogen) atoms. The monoisotopic (exact) mass is 295 g/mol. The zero-order chi connectivity index (χ0) is 15.7. The number of carbonyl (C=O) groups is 2. The fourth-order valence-corrected chi connectivity index (χ4v) is 1.81. The maximum absolute atomic E-state index is 13.8. The van der Waals surface area contributed by atoms with Crippen LogP contribution in [0.15, 0.2) is 18.2 Å². The van der Waals surface area contributed by atoms with Gasteiger partial charge in [-0.05, 0) is 25.5 Å². The predicted molar refractivity (Wildman–Crippen MR) is 80.8 cm³/mol. The number of nitrogens with one attached hydrogen (secondary N) is 3. The lowest BCUT2D eigenvalue weighted by Gasteiger charge is -2.12. The Morgan fingerprint density at radius 2 is 1.90 bits per heavy atom. The first-order chi connectivity index (χ1) is 10.1. The van der Waals surface area contributed by atoms with Crippen LogP contribution in [0, 0.1) is 5.82 Å². The molecule has 0 heterocycles. The van der Waals surface area contributed by atoms with Gasteiger partial charge in [0.25, 0.3) is 5.91 Å². The van der Waals surface area contributed by atoms with Crippen molar-refractivity contribution < 1.29 is 14.0 Å². The van der Waals surface area contributed by atoms with Crippen molar-refractivity contribution >= 4 is 17.5 Å². The highest BCUT2D eigenvalue weighted by Gasteiger charge is 2.14. The summed E-state index contributed by atoms with van der Waals surface area (Å²) < 4.78 is 13.8. The summed E-state index contributed by atoms with van der Waals surface area (Å²) in [5, 5.41) is 8.19. The Hall–Kier alpha value is -2.11. The smallest absolute Gasteiger partial charge is 0.253 e. The van der Waals surface area contributed by atoms with Gasteiger partial charge >= 0.3 is 0 Å². The van der Waals surface area contributed by atoms with Crippen LogP contribution in [0.25, 0.3) is 0 Å². The van der Waals surface area contributed by atoms with Gasteiger partial charge in [-0.1, -0.05) is 13.0 Å². The molecule has 0 aromatic heterocycles. The fourth-order valence-electron chi connectivity index (χ4n) is 1.81. The van der Waals surface area contributed by atoms with E-state index in [1.54, 1.807) is 6.07 Å². The number of hydrogen-bond acceptors (Lipinski definition) is 3. The largest absolute Gasteiger partial charge is 0.382 e. The van der Waals surface area contributed by atoms with Gasteiger partial charge in [-0.3, -0.25) is 9.59 Å². The van der Waals surface area contributed by atoms with Crippen LogP contribution in [0.2, 0.25) is 0 Å². The molecule has 2 amide bonds. The third-order valence-electron chi connectivity index (χ3n) is 2.82. The second-order valence-corrected chi connectivity index (χ2v) is 4.55. The number of carbonyl (C=O) groups excluding carboxylic acids is 2. The first-order valence-corrected chi connectivity index (χ1v) is 7.17. The van der Waals surface area contributed by atoms with Gasteiger partial charge in [0.2, 0.25) is 5.91 Å². The van der Waals surface area contributed by atoms with Crippen LogP contribution >= 0.6 is 0 Å². The lowest BCUT2D eigenvalue weighted by Crippen LogP contribution is -2.31. The number of amides is 2. The molecule has 1 aromatic carbocycles. The minimum atomic E-state index is -0.458. The molecule has 5 nitrogen and oxygen atoms in total. The van der Waals surface area contributed by atoms with E-state index in [-0.39, 0.29) is 30.1 Å². The van der Waals surface area contributed by atoms with Crippen LogP contribution in [0.5, 0.6) is 0 Å². The molecule has 0 unspecified atom stereocenters. The summed E-state index contributed by atoms with van der Waals surface area (Å²) in [6.45, 7) is 5.14. The highest BCUT2D eigenvalue weighted by molar-refractivity contribution is 5.99. The van der Waals surface area contributed by atoms with Crippen molar-refractivity contribution in [2.45, 2.75) is 26.7 Å². The zero-order valence-corrected chi connectivity index (χ0v) is 12.5. The van der Waals surface area contributed by atoms with Gasteiger partial charge in [-0.25, -0.2) is 4.39 Å². The summed E-state index contributed by atoms with van der Waals surface area (Å²) in [6.07, 6.45) is 1.03. The molecule has 0 aliphatic rings. The molecule has 3 N–H and O–H groups in total. The van der Waals surface area contributed by atoms with E-state index in [9.17, 15) is 14.0 Å². The minimum absolute atomic E-state index is 0.124. The maximum Gasteiger partial charge on any atom is 0.253 e. The molecule has 0 atom stereocenters. The molecule has 1 aromatic rings. The third-order valence-corrected chi connectivity index (χ3v) is 2.82. The summed E-state index contributed by atoms with van der Waals surface area (Å²) in [5.41, 5.74) is 0.453. The van der Waals surface area contributed by atoms with Crippen molar-refractivity contribution in [3.05, 3.63) is 29.6 Å². The van der Waals surface area contributed by atoms with E-state index in [1.807, 2.05) is 13.8 Å². The van der Waals surface area contributed by atoms with Crippen molar-refractivity contribution in [3.63, 3.8) is 0 Å². The van der Waals surface area contributed by atoms with Crippen molar-refractivity contribution in [2.24, 2.45) is 0 Å². The molecule has 0 aliphatic heterocycles. The lowest BCUT2D eigenvalue weighted by molar-refractivity contribution is -0.120. The van der Waals surface area contributed by atoms with Gasteiger partial charge < -0.3 is 16.0 Å². The van der Waals surface area contributed by atoms with Crippen LogP contribution in [0.3, 0.4) is 0 Å². The highest BCUT2D eigenvalue weighted by atomic mass is 19.1. The van der Waals surface area contributed by atoms with Crippen LogP contribution in [-0.4, -0.2) is 31.4 Å². The van der Waals surface area contributed by atoms with E-state index >= 15 is 0 Å². The number of benzene rings is 1. The average molecular weight is 295 g/mol. The number of hydrogen-bond donors (Lipinski definition) is 3. The van der Waals surface area contributed by atoms with Gasteiger partial charge in [0.15, 0.2) is 0 Å². The fraction of sp³-hybridized carbons (Fsp3) is 0.467. The summed E-state index contributed by atoms with van der Waals surface area (Å²) in [7, 11) is 0. The van der Waals surface area contributed by atoms with Gasteiger partial charge in [0, 0.05) is 26.1 Å². The number of anilines is 1. The summed E-state index contributed by atoms with van der Waals surface area (Å²) >= 11 is 0. The topological polar surface area (TPSA) is 70.2 Å². The predicted octanol–water partition coefficient (Wildman–Crippen LogP) is 1.90. The summed E-state index contributed by atoms with van der Waals surface area (Å²) in [5.74, 6) is -0.974. The number of para-hydroxylation sites is 1. The molecule has 0 saturated heterocycles. The Labute approximate surface area is 124 Å². The van der Waals surface area contributed by atoms with E-state index in [4.69, 9.17) is 0 Å². The maximum atomic E-state index is 13.8. The second kappa shape index (κ2) is 8.94. The van der Waals surface area contributed by atoms with E-state index in [1.165, 1.54) is 12.1 Å². The Morgan fingerprint density at radius 3 is 2.57 bits per heavy atom. The molecule has 0 saturated carbocycles. The first-order valence-electron chi connectivity index (χ1n) is 7.17. The van der Waals surface area contributed by atoms with Gasteiger partial charge in [-0.2, -0.15) is 0 Å². The minimum Gasteiger partial charge on any atom is -0.382 e. The van der Waals surface area contributed by atoms with E-state index in [0.717, 1.165) is 6.42 Å². The van der Waals surface area contributed by atoms with E-state index < -0.39 is 11.7 Å². The molecule has 6 heteroatoms. The second-order valence-electron chi connectivity index (χ2n) is 4.55. The van der Waals surface area contributed by atoms with Gasteiger partial charge in [0.1, 0.15) is 5.82 Å². The highest BCUT2D eigenvalue weighted by Crippen LogP contribution is 2.19. The number of halogens is 1. The van der Waals surface area contributed by atoms with Crippen molar-refractivity contribution in [1.82, 2.24) is 10.6 Å². The van der Waals surface area contributed by atoms with Crippen LogP contribution < -0.4 is 16.0 Å². The molecular formula is C15H22FN3O2. The standard InChI is InChI=1S/C15H22FN3O2/c1-3-9-18-14-11(6-5-7-12(14)16)15(21)19-10-8-13(20)17-4-2/h5-7,18H,3-4,8-10H2,1-2H3,(H,17,20)(H,19,21). The van der Waals surface area contributed by atoms with Gasteiger partial charge in [0.05, 0.1) is 11.3 Å². The Balaban J connectivity index is 2.65. The molecule has 0 bridgehead atoms. The molecule has 0 spiro atoms. The molecule has 1 rings (SSSR count). The van der Waals surface area contributed by atoms with Crippen molar-refractivity contribution in [2.75, 3.05) is 25.0 Å². The average Bonchev–Trinajstić information content (AvgIpc) is 2.46. The van der Waals surface area contributed by atoms with Gasteiger partial charge in [-0.15, -0.1) is 0 Å². The SMILES string of the molecule is CCCNc1c(F)cccc1C(=O)NCCC(=O)NCC. The lowest BCUT2D eigenvalue weighted by atomic mass is 10.1. The molecule has 116 valence electrons. The van der Waals surface area contributed by atoms with Crippen LogP contribution in [0.4, 0.5) is 10.1 Å². The van der Waals surface area contributed by atoms with Crippen molar-refractivity contribution in [3.8, 4) is 0 Å². The van der Waals surface area contributed by atoms with Crippen LogP contribution in [0.1, 0.15) is 37.0 Å². The Bertz CT molecular complexity index is 492. The van der Waals surface area contributed by atoms with Crippen molar-refractivity contribution in [1.29, 1.82) is 0 Å². The molecule has 0 fully saturated rings. The van der Waals surface area contributed by atoms with E-state index in [0.29, 0.717) is 13.1 Å². The molecule has 0 radical (unpaired) electrons. The van der Waals surface area contributed by atoms with E-state index in [2.05, 4.69) is 16.0 Å².